The van der Waals surface area contributed by atoms with E-state index in [1.165, 1.54) is 25.7 Å². The van der Waals surface area contributed by atoms with Crippen molar-refractivity contribution in [3.8, 4) is 0 Å². The van der Waals surface area contributed by atoms with Gasteiger partial charge in [-0.2, -0.15) is 4.79 Å². The third-order valence-electron chi connectivity index (χ3n) is 4.67. The third-order valence-corrected chi connectivity index (χ3v) is 4.67. The normalized spacial score (nSPS) is 13.0. The Morgan fingerprint density at radius 2 is 1.65 bits per heavy atom. The van der Waals surface area contributed by atoms with E-state index in [0.717, 1.165) is 51.4 Å². The fraction of sp³-hybridized carbons (Fsp3) is 0.905. The molecule has 0 aliphatic carbocycles. The smallest absolute Gasteiger partial charge is 0.305 e. The number of aliphatic hydroxyl groups is 1. The summed E-state index contributed by atoms with van der Waals surface area (Å²) < 4.78 is 5.05. The van der Waals surface area contributed by atoms with Gasteiger partial charge in [-0.25, -0.2) is 0 Å². The van der Waals surface area contributed by atoms with Gasteiger partial charge in [-0.15, -0.1) is 0 Å². The molecule has 0 heterocycles. The zero-order chi connectivity index (χ0) is 19.5. The van der Waals surface area contributed by atoms with Crippen molar-refractivity contribution in [3.05, 3.63) is 5.53 Å². The van der Waals surface area contributed by atoms with Crippen LogP contribution in [0.1, 0.15) is 104 Å². The number of aliphatic hydroxyl groups excluding tert-OH is 1. The molecular weight excluding hydrogens is 328 g/mol. The lowest BCUT2D eigenvalue weighted by molar-refractivity contribution is -0.143. The molecule has 0 bridgehead atoms. The van der Waals surface area contributed by atoms with Crippen molar-refractivity contribution < 1.29 is 19.4 Å². The van der Waals surface area contributed by atoms with Gasteiger partial charge in [-0.05, 0) is 32.1 Å². The maximum atomic E-state index is 11.4. The minimum Gasteiger partial charge on any atom is -0.466 e. The molecular formula is C21H40N2O3. The number of unbranched alkanes of at least 4 members (excludes halogenated alkanes) is 7. The first-order valence-corrected chi connectivity index (χ1v) is 10.6. The number of carbonyl (C=O) groups is 1. The number of hydrogen-bond acceptors (Lipinski definition) is 3. The van der Waals surface area contributed by atoms with E-state index < -0.39 is 0 Å². The molecule has 152 valence electrons. The Morgan fingerprint density at radius 1 is 1.00 bits per heavy atom. The number of hydrogen-bond donors (Lipinski definition) is 1. The summed E-state index contributed by atoms with van der Waals surface area (Å²) in [7, 11) is 0. The number of carbonyl (C=O) groups excluding carboxylic acids is 1. The van der Waals surface area contributed by atoms with Gasteiger partial charge in [-0.1, -0.05) is 65.2 Å². The average Bonchev–Trinajstić information content (AvgIpc) is 2.62. The van der Waals surface area contributed by atoms with Gasteiger partial charge in [0.25, 0.3) is 6.21 Å². The third kappa shape index (κ3) is 16.3. The summed E-state index contributed by atoms with van der Waals surface area (Å²) in [6.07, 6.45) is 15.0. The molecule has 0 aliphatic heterocycles. The standard InChI is InChI=1S/C21H40N2O3/c1-3-5-6-7-11-14-20(24)17-19(18-23-22)13-10-8-9-12-15-21(25)26-16-4-2/h18-20,24H,3-17H2,1-2H3. The zero-order valence-corrected chi connectivity index (χ0v) is 17.0. The van der Waals surface area contributed by atoms with Gasteiger partial charge in [0.1, 0.15) is 0 Å². The van der Waals surface area contributed by atoms with Crippen LogP contribution in [0.2, 0.25) is 0 Å². The molecule has 1 N–H and O–H groups in total. The quantitative estimate of drug-likeness (QED) is 0.117. The highest BCUT2D eigenvalue weighted by Crippen LogP contribution is 2.18. The summed E-state index contributed by atoms with van der Waals surface area (Å²) in [5, 5.41) is 10.2. The topological polar surface area (TPSA) is 82.9 Å². The largest absolute Gasteiger partial charge is 0.466 e. The van der Waals surface area contributed by atoms with Crippen molar-refractivity contribution in [2.75, 3.05) is 6.61 Å². The van der Waals surface area contributed by atoms with Crippen molar-refractivity contribution in [1.82, 2.24) is 0 Å². The average molecular weight is 369 g/mol. The second-order valence-corrected chi connectivity index (χ2v) is 7.29. The Kier molecular flexibility index (Phi) is 17.7. The van der Waals surface area contributed by atoms with Crippen molar-refractivity contribution >= 4 is 12.2 Å². The van der Waals surface area contributed by atoms with Crippen LogP contribution in [-0.4, -0.2) is 34.8 Å². The van der Waals surface area contributed by atoms with Crippen LogP contribution in [0.4, 0.5) is 0 Å². The molecule has 0 saturated carbocycles. The molecule has 0 aromatic carbocycles. The van der Waals surface area contributed by atoms with Crippen LogP contribution in [0.5, 0.6) is 0 Å². The van der Waals surface area contributed by atoms with E-state index >= 15 is 0 Å². The molecule has 5 heteroatoms. The lowest BCUT2D eigenvalue weighted by Crippen LogP contribution is -2.15. The predicted molar refractivity (Wildman–Crippen MR) is 106 cm³/mol. The molecule has 5 nitrogen and oxygen atoms in total. The molecule has 0 radical (unpaired) electrons. The molecule has 0 spiro atoms. The van der Waals surface area contributed by atoms with Crippen LogP contribution in [0, 0.1) is 5.92 Å². The summed E-state index contributed by atoms with van der Waals surface area (Å²) >= 11 is 0. The molecule has 0 aromatic rings. The second-order valence-electron chi connectivity index (χ2n) is 7.29. The highest BCUT2D eigenvalue weighted by molar-refractivity contribution is 5.69. The molecule has 2 unspecified atom stereocenters. The number of ether oxygens (including phenoxy) is 1. The SMILES string of the molecule is CCCCCCCC(O)CC(C=[N+]=[N-])CCCCCCC(=O)OCCC. The van der Waals surface area contributed by atoms with Crippen LogP contribution >= 0.6 is 0 Å². The molecule has 0 fully saturated rings. The Morgan fingerprint density at radius 3 is 2.31 bits per heavy atom. The van der Waals surface area contributed by atoms with Crippen molar-refractivity contribution in [3.63, 3.8) is 0 Å². The van der Waals surface area contributed by atoms with Gasteiger partial charge in [0, 0.05) is 6.42 Å². The second kappa shape index (κ2) is 18.6. The monoisotopic (exact) mass is 368 g/mol. The summed E-state index contributed by atoms with van der Waals surface area (Å²) in [5.74, 6) is 0.0272. The van der Waals surface area contributed by atoms with E-state index in [-0.39, 0.29) is 18.0 Å². The maximum absolute atomic E-state index is 11.4. The summed E-state index contributed by atoms with van der Waals surface area (Å²) in [6, 6.07) is 0. The van der Waals surface area contributed by atoms with Crippen molar-refractivity contribution in [2.24, 2.45) is 5.92 Å². The first-order chi connectivity index (χ1) is 12.6. The lowest BCUT2D eigenvalue weighted by Gasteiger charge is -2.14. The van der Waals surface area contributed by atoms with Crippen LogP contribution in [0.3, 0.4) is 0 Å². The number of nitrogens with zero attached hydrogens (tertiary/aromatic N) is 2. The fourth-order valence-electron chi connectivity index (χ4n) is 3.12. The van der Waals surface area contributed by atoms with E-state index in [1.54, 1.807) is 6.21 Å². The molecule has 0 amide bonds. The minimum absolute atomic E-state index is 0.0980. The van der Waals surface area contributed by atoms with Gasteiger partial charge in [0.2, 0.25) is 0 Å². The lowest BCUT2D eigenvalue weighted by atomic mass is 9.93. The number of esters is 1. The Labute approximate surface area is 160 Å². The Hall–Kier alpha value is -1.19. The maximum Gasteiger partial charge on any atom is 0.305 e. The first-order valence-electron chi connectivity index (χ1n) is 10.6. The zero-order valence-electron chi connectivity index (χ0n) is 17.0. The van der Waals surface area contributed by atoms with Gasteiger partial charge < -0.3 is 15.4 Å². The van der Waals surface area contributed by atoms with Crippen molar-refractivity contribution in [1.29, 1.82) is 0 Å². The molecule has 26 heavy (non-hydrogen) atoms. The van der Waals surface area contributed by atoms with E-state index in [1.807, 2.05) is 6.92 Å². The molecule has 0 rings (SSSR count). The first kappa shape index (κ1) is 24.8. The molecule has 2 atom stereocenters. The van der Waals surface area contributed by atoms with Crippen LogP contribution in [0.25, 0.3) is 5.53 Å². The van der Waals surface area contributed by atoms with E-state index in [0.29, 0.717) is 19.4 Å². The van der Waals surface area contributed by atoms with E-state index in [2.05, 4.69) is 11.7 Å². The summed E-state index contributed by atoms with van der Waals surface area (Å²) in [5.41, 5.74) is 8.83. The molecule has 0 saturated heterocycles. The molecule has 0 aromatic heterocycles. The van der Waals surface area contributed by atoms with Crippen LogP contribution in [-0.2, 0) is 9.53 Å². The highest BCUT2D eigenvalue weighted by atomic mass is 16.5. The minimum atomic E-state index is -0.312. The summed E-state index contributed by atoms with van der Waals surface area (Å²) in [6.45, 7) is 4.70. The van der Waals surface area contributed by atoms with E-state index in [4.69, 9.17) is 10.3 Å². The number of rotatable bonds is 18. The predicted octanol–water partition coefficient (Wildman–Crippen LogP) is 5.31. The van der Waals surface area contributed by atoms with Crippen LogP contribution < -0.4 is 0 Å². The van der Waals surface area contributed by atoms with Gasteiger partial charge >= 0.3 is 5.97 Å². The highest BCUT2D eigenvalue weighted by Gasteiger charge is 2.16. The van der Waals surface area contributed by atoms with Gasteiger partial charge in [-0.3, -0.25) is 4.79 Å². The Balaban J connectivity index is 3.78. The van der Waals surface area contributed by atoms with Crippen molar-refractivity contribution in [2.45, 2.75) is 110 Å². The Bertz CT molecular complexity index is 381. The fourth-order valence-corrected chi connectivity index (χ4v) is 3.12. The van der Waals surface area contributed by atoms with Crippen LogP contribution in [0.15, 0.2) is 0 Å². The van der Waals surface area contributed by atoms with Gasteiger partial charge in [0.05, 0.1) is 18.6 Å². The summed E-state index contributed by atoms with van der Waals surface area (Å²) in [4.78, 5) is 14.6. The van der Waals surface area contributed by atoms with E-state index in [9.17, 15) is 9.90 Å². The molecule has 0 aliphatic rings. The van der Waals surface area contributed by atoms with Gasteiger partial charge in [0.15, 0.2) is 0 Å².